The molecule has 1 amide bonds. The third-order valence-electron chi connectivity index (χ3n) is 4.32. The second-order valence-corrected chi connectivity index (χ2v) is 9.03. The van der Waals surface area contributed by atoms with Gasteiger partial charge < -0.3 is 14.8 Å². The molecule has 0 saturated carbocycles. The van der Waals surface area contributed by atoms with Gasteiger partial charge >= 0.3 is 0 Å². The molecule has 152 valence electrons. The third-order valence-corrected chi connectivity index (χ3v) is 6.22. The molecule has 0 aromatic heterocycles. The van der Waals surface area contributed by atoms with Crippen LogP contribution < -0.4 is 10.1 Å². The number of hydrogen-bond acceptors (Lipinski definition) is 5. The maximum Gasteiger partial charge on any atom is 0.243 e. The first-order valence-electron chi connectivity index (χ1n) is 9.40. The Morgan fingerprint density at radius 3 is 2.56 bits per heavy atom. The van der Waals surface area contributed by atoms with Gasteiger partial charge in [-0.25, -0.2) is 8.42 Å². The van der Waals surface area contributed by atoms with Crippen LogP contribution in [0, 0.1) is 5.92 Å². The second-order valence-electron chi connectivity index (χ2n) is 7.09. The first kappa shape index (κ1) is 21.7. The lowest BCUT2D eigenvalue weighted by molar-refractivity contribution is -0.117. The first-order chi connectivity index (χ1) is 12.8. The monoisotopic (exact) mass is 398 g/mol. The van der Waals surface area contributed by atoms with Crippen molar-refractivity contribution in [2.24, 2.45) is 5.92 Å². The van der Waals surface area contributed by atoms with Gasteiger partial charge in [0.25, 0.3) is 0 Å². The summed E-state index contributed by atoms with van der Waals surface area (Å²) >= 11 is 0. The zero-order valence-electron chi connectivity index (χ0n) is 16.4. The summed E-state index contributed by atoms with van der Waals surface area (Å²) in [7, 11) is -2.09. The number of anilines is 1. The van der Waals surface area contributed by atoms with Crippen LogP contribution in [0.3, 0.4) is 0 Å². The molecule has 1 aliphatic rings. The molecule has 1 heterocycles. The highest BCUT2D eigenvalue weighted by Crippen LogP contribution is 2.30. The van der Waals surface area contributed by atoms with Crippen molar-refractivity contribution in [3.8, 4) is 5.75 Å². The molecule has 27 heavy (non-hydrogen) atoms. The molecular weight excluding hydrogens is 368 g/mol. The zero-order chi connectivity index (χ0) is 19.9. The number of rotatable bonds is 9. The minimum absolute atomic E-state index is 0.163. The molecular formula is C19H30N2O5S. The van der Waals surface area contributed by atoms with Gasteiger partial charge in [-0.05, 0) is 37.0 Å². The number of amides is 1. The Labute approximate surface area is 162 Å². The number of methoxy groups -OCH3 is 1. The predicted octanol–water partition coefficient (Wildman–Crippen LogP) is 2.87. The average Bonchev–Trinajstić information content (AvgIpc) is 2.65. The summed E-state index contributed by atoms with van der Waals surface area (Å²) in [6.45, 7) is 6.06. The van der Waals surface area contributed by atoms with Gasteiger partial charge in [-0.1, -0.05) is 20.3 Å². The van der Waals surface area contributed by atoms with Gasteiger partial charge in [-0.15, -0.1) is 0 Å². The predicted molar refractivity (Wildman–Crippen MR) is 105 cm³/mol. The van der Waals surface area contributed by atoms with Gasteiger partial charge in [0, 0.05) is 19.7 Å². The summed E-state index contributed by atoms with van der Waals surface area (Å²) in [5, 5.41) is 2.74. The molecule has 7 nitrogen and oxygen atoms in total. The van der Waals surface area contributed by atoms with Crippen LogP contribution in [0.4, 0.5) is 5.69 Å². The lowest BCUT2D eigenvalue weighted by Gasteiger charge is -2.26. The molecule has 0 bridgehead atoms. The molecule has 1 fully saturated rings. The number of ether oxygens (including phenoxy) is 2. The van der Waals surface area contributed by atoms with Crippen molar-refractivity contribution in [3.63, 3.8) is 0 Å². The van der Waals surface area contributed by atoms with Crippen LogP contribution in [0.5, 0.6) is 5.75 Å². The summed E-state index contributed by atoms with van der Waals surface area (Å²) in [5.41, 5.74) is 0.351. The molecule has 1 saturated heterocycles. The zero-order valence-corrected chi connectivity index (χ0v) is 17.2. The number of nitrogens with zero attached hydrogens (tertiary/aromatic N) is 1. The van der Waals surface area contributed by atoms with E-state index in [4.69, 9.17) is 9.47 Å². The standard InChI is InChI=1S/C19H30N2O5S/c1-15(2)14-26-12-9-19(22)20-17-13-16(7-8-18(17)25-3)27(23,24)21-10-5-4-6-11-21/h7-8,13,15H,4-6,9-12,14H2,1-3H3,(H,20,22). The Bertz CT molecular complexity index is 728. The molecule has 0 atom stereocenters. The van der Waals surface area contributed by atoms with Crippen LogP contribution in [0.15, 0.2) is 23.1 Å². The number of benzene rings is 1. The highest BCUT2D eigenvalue weighted by molar-refractivity contribution is 7.89. The topological polar surface area (TPSA) is 84.9 Å². The highest BCUT2D eigenvalue weighted by atomic mass is 32.2. The van der Waals surface area contributed by atoms with E-state index in [1.807, 2.05) is 13.8 Å². The van der Waals surface area contributed by atoms with Crippen molar-refractivity contribution >= 4 is 21.6 Å². The van der Waals surface area contributed by atoms with Gasteiger partial charge in [0.05, 0.1) is 30.7 Å². The van der Waals surface area contributed by atoms with E-state index in [0.717, 1.165) is 19.3 Å². The Morgan fingerprint density at radius 2 is 1.93 bits per heavy atom. The van der Waals surface area contributed by atoms with E-state index >= 15 is 0 Å². The average molecular weight is 399 g/mol. The van der Waals surface area contributed by atoms with Crippen LogP contribution in [0.2, 0.25) is 0 Å². The van der Waals surface area contributed by atoms with Crippen molar-refractivity contribution in [3.05, 3.63) is 18.2 Å². The van der Waals surface area contributed by atoms with E-state index in [2.05, 4.69) is 5.32 Å². The van der Waals surface area contributed by atoms with Crippen LogP contribution in [0.1, 0.15) is 39.5 Å². The Morgan fingerprint density at radius 1 is 1.22 bits per heavy atom. The number of sulfonamides is 1. The fourth-order valence-corrected chi connectivity index (χ4v) is 4.44. The van der Waals surface area contributed by atoms with Crippen molar-refractivity contribution in [2.45, 2.75) is 44.4 Å². The van der Waals surface area contributed by atoms with E-state index < -0.39 is 10.0 Å². The molecule has 0 spiro atoms. The van der Waals surface area contributed by atoms with E-state index in [0.29, 0.717) is 43.7 Å². The van der Waals surface area contributed by atoms with E-state index in [1.165, 1.54) is 23.5 Å². The number of nitrogens with one attached hydrogen (secondary N) is 1. The van der Waals surface area contributed by atoms with Crippen LogP contribution in [-0.2, 0) is 19.6 Å². The summed E-state index contributed by atoms with van der Waals surface area (Å²) in [4.78, 5) is 12.3. The molecule has 1 aromatic carbocycles. The van der Waals surface area contributed by atoms with E-state index in [9.17, 15) is 13.2 Å². The molecule has 1 aromatic rings. The smallest absolute Gasteiger partial charge is 0.243 e. The largest absolute Gasteiger partial charge is 0.495 e. The van der Waals surface area contributed by atoms with Crippen molar-refractivity contribution in [2.75, 3.05) is 38.7 Å². The third kappa shape index (κ3) is 6.19. The van der Waals surface area contributed by atoms with Gasteiger partial charge in [0.2, 0.25) is 15.9 Å². The lowest BCUT2D eigenvalue weighted by atomic mass is 10.2. The van der Waals surface area contributed by atoms with Gasteiger partial charge in [0.15, 0.2) is 0 Å². The number of carbonyl (C=O) groups excluding carboxylic acids is 1. The highest BCUT2D eigenvalue weighted by Gasteiger charge is 2.26. The van der Waals surface area contributed by atoms with Gasteiger partial charge in [-0.2, -0.15) is 4.31 Å². The fraction of sp³-hybridized carbons (Fsp3) is 0.632. The summed E-state index contributed by atoms with van der Waals surface area (Å²) in [6.07, 6.45) is 2.98. The SMILES string of the molecule is COc1ccc(S(=O)(=O)N2CCCCC2)cc1NC(=O)CCOCC(C)C. The molecule has 0 aliphatic carbocycles. The van der Waals surface area contributed by atoms with E-state index in [1.54, 1.807) is 6.07 Å². The normalized spacial score (nSPS) is 15.7. The molecule has 1 N–H and O–H groups in total. The fourth-order valence-electron chi connectivity index (χ4n) is 2.90. The molecule has 1 aliphatic heterocycles. The number of carbonyl (C=O) groups is 1. The lowest BCUT2D eigenvalue weighted by Crippen LogP contribution is -2.35. The van der Waals surface area contributed by atoms with E-state index in [-0.39, 0.29) is 17.2 Å². The quantitative estimate of drug-likeness (QED) is 0.647. The minimum Gasteiger partial charge on any atom is -0.495 e. The molecule has 2 rings (SSSR count). The van der Waals surface area contributed by atoms with Crippen LogP contribution in [-0.4, -0.2) is 52.0 Å². The van der Waals surface area contributed by atoms with Crippen LogP contribution in [0.25, 0.3) is 0 Å². The Kier molecular flexibility index (Phi) is 8.07. The maximum atomic E-state index is 12.9. The Hall–Kier alpha value is -1.64. The summed E-state index contributed by atoms with van der Waals surface area (Å²) in [6, 6.07) is 4.56. The number of hydrogen-bond donors (Lipinski definition) is 1. The van der Waals surface area contributed by atoms with Crippen molar-refractivity contribution in [1.29, 1.82) is 0 Å². The minimum atomic E-state index is -3.57. The first-order valence-corrected chi connectivity index (χ1v) is 10.8. The summed E-state index contributed by atoms with van der Waals surface area (Å²) < 4.78 is 37.9. The van der Waals surface area contributed by atoms with Gasteiger partial charge in [0.1, 0.15) is 5.75 Å². The van der Waals surface area contributed by atoms with Crippen molar-refractivity contribution < 1.29 is 22.7 Å². The van der Waals surface area contributed by atoms with Crippen molar-refractivity contribution in [1.82, 2.24) is 4.31 Å². The molecule has 0 radical (unpaired) electrons. The maximum absolute atomic E-state index is 12.9. The van der Waals surface area contributed by atoms with Crippen LogP contribution >= 0.6 is 0 Å². The number of piperidine rings is 1. The second kappa shape index (κ2) is 10.1. The summed E-state index contributed by atoms with van der Waals surface area (Å²) in [5.74, 6) is 0.582. The molecule has 0 unspecified atom stereocenters. The molecule has 8 heteroatoms. The van der Waals surface area contributed by atoms with Gasteiger partial charge in [-0.3, -0.25) is 4.79 Å². The Balaban J connectivity index is 2.09.